The van der Waals surface area contributed by atoms with E-state index in [9.17, 15) is 14.4 Å². The molecule has 6 fully saturated rings. The standard InChI is InChI=1S/C48H58F2N14O5/c1-47(2,3)64-44-37(42(51)54-26-55-44)38(58-64)39-36(41(69-59-39)27-4-5-27)43-52-22-29(23-53-43)28-20-48(21-28)24-63(25-48)46(67)68-17-16-60-10-8-31(9-11-60)61-12-14-62(15-13-61)40-32(49)18-30(19-33(40)50)56-34-6-7-35(65)57-45(34)66/h18-19,22-23,26-28,31,34,56H,4-17,20-21,24-25H2,1-3H3,(H2,51,54,55)(H,57,65,66)/t34-/m0/s1. The molecule has 69 heavy (non-hydrogen) atoms. The lowest BCUT2D eigenvalue weighted by Crippen LogP contribution is -2.63. The normalized spacial score (nSPS) is 21.7. The maximum Gasteiger partial charge on any atom is 0.409 e. The van der Waals surface area contributed by atoms with Gasteiger partial charge in [0.1, 0.15) is 41.9 Å². The van der Waals surface area contributed by atoms with Gasteiger partial charge in [-0.1, -0.05) is 5.16 Å². The molecule has 0 bridgehead atoms. The number of hydrogen-bond acceptors (Lipinski definition) is 16. The van der Waals surface area contributed by atoms with E-state index in [1.54, 1.807) is 4.90 Å². The Labute approximate surface area is 397 Å². The summed E-state index contributed by atoms with van der Waals surface area (Å²) in [5.41, 5.74) is 9.73. The Hall–Kier alpha value is -6.35. The fourth-order valence-electron chi connectivity index (χ4n) is 11.1. The van der Waals surface area contributed by atoms with Crippen LogP contribution in [0.25, 0.3) is 33.8 Å². The van der Waals surface area contributed by atoms with Crippen molar-refractivity contribution in [3.63, 3.8) is 0 Å². The number of likely N-dealkylation sites (tertiary alicyclic amines) is 2. The molecule has 2 saturated carbocycles. The largest absolute Gasteiger partial charge is 0.448 e. The zero-order chi connectivity index (χ0) is 47.8. The summed E-state index contributed by atoms with van der Waals surface area (Å²) >= 11 is 0. The molecule has 2 aliphatic carbocycles. The predicted molar refractivity (Wildman–Crippen MR) is 250 cm³/mol. The number of rotatable bonds is 11. The van der Waals surface area contributed by atoms with Crippen LogP contribution in [-0.2, 0) is 19.9 Å². The van der Waals surface area contributed by atoms with E-state index >= 15 is 8.78 Å². The summed E-state index contributed by atoms with van der Waals surface area (Å²) in [6.45, 7) is 12.7. The highest BCUT2D eigenvalue weighted by atomic mass is 19.1. The fourth-order valence-corrected chi connectivity index (χ4v) is 11.1. The number of aromatic nitrogens is 7. The molecule has 0 radical (unpaired) electrons. The lowest BCUT2D eigenvalue weighted by atomic mass is 9.56. The van der Waals surface area contributed by atoms with E-state index in [-0.39, 0.29) is 53.1 Å². The summed E-state index contributed by atoms with van der Waals surface area (Å²) < 4.78 is 44.1. The minimum atomic E-state index is -0.727. The lowest BCUT2D eigenvalue weighted by molar-refractivity contribution is -0.133. The number of halogens is 2. The average Bonchev–Trinajstić information content (AvgIpc) is 3.91. The van der Waals surface area contributed by atoms with Gasteiger partial charge in [0.15, 0.2) is 28.9 Å². The molecule has 4 aromatic heterocycles. The first kappa shape index (κ1) is 45.1. The molecule has 1 aromatic carbocycles. The van der Waals surface area contributed by atoms with Crippen LogP contribution in [-0.4, -0.2) is 145 Å². The molecule has 1 atom stereocenters. The van der Waals surface area contributed by atoms with Crippen molar-refractivity contribution in [2.45, 2.75) is 102 Å². The van der Waals surface area contributed by atoms with Crippen molar-refractivity contribution in [2.75, 3.05) is 81.5 Å². The quantitative estimate of drug-likeness (QED) is 0.144. The number of nitrogens with two attached hydrogens (primary N) is 1. The SMILES string of the molecule is CC(C)(C)n1nc(-c2noc(C3CC3)c2-c2ncc(C3CC4(C3)CN(C(=O)OCCN3CCC(N5CCN(c6c(F)cc(N[C@H]7CCC(=O)NC7=O)cc6F)CC5)CC3)C4)cn2)c2c(N)ncnc21. The van der Waals surface area contributed by atoms with Gasteiger partial charge in [-0.2, -0.15) is 5.10 Å². The third kappa shape index (κ3) is 8.72. The molecule has 5 aromatic rings. The molecule has 3 amide bonds. The van der Waals surface area contributed by atoms with Gasteiger partial charge in [0.25, 0.3) is 0 Å². The molecular weight excluding hydrogens is 891 g/mol. The zero-order valence-electron chi connectivity index (χ0n) is 39.2. The highest BCUT2D eigenvalue weighted by Gasteiger charge is 2.54. The molecule has 0 unspecified atom stereocenters. The minimum Gasteiger partial charge on any atom is -0.448 e. The number of piperazine rings is 1. The molecule has 11 rings (SSSR count). The topological polar surface area (TPSA) is 219 Å². The second-order valence-corrected chi connectivity index (χ2v) is 20.9. The molecule has 364 valence electrons. The number of ether oxygens (including phenoxy) is 1. The Morgan fingerprint density at radius 1 is 0.928 bits per heavy atom. The van der Waals surface area contributed by atoms with E-state index in [4.69, 9.17) is 30.1 Å². The van der Waals surface area contributed by atoms with Crippen molar-refractivity contribution < 1.29 is 32.4 Å². The van der Waals surface area contributed by atoms with Crippen LogP contribution < -0.4 is 21.3 Å². The Balaban J connectivity index is 0.616. The van der Waals surface area contributed by atoms with Gasteiger partial charge in [0, 0.05) is 87.7 Å². The summed E-state index contributed by atoms with van der Waals surface area (Å²) in [6.07, 6.45) is 11.3. The first-order chi connectivity index (χ1) is 33.2. The number of nitrogens with zero attached hydrogens (tertiary/aromatic N) is 11. The van der Waals surface area contributed by atoms with E-state index in [1.165, 1.54) is 18.5 Å². The van der Waals surface area contributed by atoms with Crippen LogP contribution in [0, 0.1) is 17.0 Å². The number of carbonyl (C=O) groups excluding carboxylic acids is 3. The number of anilines is 3. The summed E-state index contributed by atoms with van der Waals surface area (Å²) in [4.78, 5) is 63.5. The van der Waals surface area contributed by atoms with Crippen molar-refractivity contribution in [2.24, 2.45) is 5.41 Å². The zero-order valence-corrected chi connectivity index (χ0v) is 39.2. The second-order valence-electron chi connectivity index (χ2n) is 20.9. The van der Waals surface area contributed by atoms with E-state index in [1.807, 2.05) is 22.0 Å². The van der Waals surface area contributed by atoms with Gasteiger partial charge in [-0.3, -0.25) is 24.7 Å². The number of fused-ring (bicyclic) bond motifs is 1. The third-order valence-electron chi connectivity index (χ3n) is 15.0. The van der Waals surface area contributed by atoms with Crippen molar-refractivity contribution in [1.82, 2.24) is 54.9 Å². The van der Waals surface area contributed by atoms with Gasteiger partial charge in [-0.15, -0.1) is 0 Å². The molecule has 21 heteroatoms. The van der Waals surface area contributed by atoms with Crippen molar-refractivity contribution >= 4 is 46.1 Å². The van der Waals surface area contributed by atoms with Crippen LogP contribution in [0.2, 0.25) is 0 Å². The van der Waals surface area contributed by atoms with Gasteiger partial charge < -0.3 is 30.1 Å². The molecule has 6 aliphatic rings. The number of amides is 3. The average molecular weight is 949 g/mol. The maximum absolute atomic E-state index is 15.3. The first-order valence-corrected chi connectivity index (χ1v) is 24.2. The molecule has 4 N–H and O–H groups in total. The van der Waals surface area contributed by atoms with E-state index in [2.05, 4.69) is 56.3 Å². The van der Waals surface area contributed by atoms with Crippen LogP contribution in [0.1, 0.15) is 95.3 Å². The number of imide groups is 1. The summed E-state index contributed by atoms with van der Waals surface area (Å²) in [5.74, 6) is -0.0773. The lowest BCUT2D eigenvalue weighted by Gasteiger charge is -2.58. The minimum absolute atomic E-state index is 0.0591. The molecule has 1 spiro atoms. The van der Waals surface area contributed by atoms with Crippen LogP contribution >= 0.6 is 0 Å². The third-order valence-corrected chi connectivity index (χ3v) is 15.0. The number of benzene rings is 1. The Morgan fingerprint density at radius 2 is 1.64 bits per heavy atom. The van der Waals surface area contributed by atoms with Gasteiger partial charge >= 0.3 is 6.09 Å². The summed E-state index contributed by atoms with van der Waals surface area (Å²) in [6, 6.07) is 2.08. The van der Waals surface area contributed by atoms with Crippen LogP contribution in [0.5, 0.6) is 0 Å². The smallest absolute Gasteiger partial charge is 0.409 e. The molecular formula is C48H58F2N14O5. The Bertz CT molecular complexity index is 2750. The molecule has 4 saturated heterocycles. The second kappa shape index (κ2) is 17.6. The Kier molecular flexibility index (Phi) is 11.5. The van der Waals surface area contributed by atoms with Gasteiger partial charge in [0.2, 0.25) is 11.8 Å². The van der Waals surface area contributed by atoms with Gasteiger partial charge in [-0.05, 0) is 102 Å². The van der Waals surface area contributed by atoms with E-state index in [0.717, 1.165) is 68.5 Å². The molecule has 8 heterocycles. The van der Waals surface area contributed by atoms with Crippen molar-refractivity contribution in [1.29, 1.82) is 0 Å². The summed E-state index contributed by atoms with van der Waals surface area (Å²) in [7, 11) is 0. The highest BCUT2D eigenvalue weighted by molar-refractivity contribution is 6.02. The maximum atomic E-state index is 15.3. The number of hydrogen-bond donors (Lipinski definition) is 3. The van der Waals surface area contributed by atoms with Crippen LogP contribution in [0.3, 0.4) is 0 Å². The number of nitrogens with one attached hydrogen (secondary N) is 2. The molecule has 19 nitrogen and oxygen atoms in total. The van der Waals surface area contributed by atoms with E-state index < -0.39 is 23.6 Å². The summed E-state index contributed by atoms with van der Waals surface area (Å²) in [5, 5.41) is 15.2. The number of carbonyl (C=O) groups is 3. The first-order valence-electron chi connectivity index (χ1n) is 24.2. The van der Waals surface area contributed by atoms with Crippen LogP contribution in [0.4, 0.5) is 30.8 Å². The van der Waals surface area contributed by atoms with E-state index in [0.29, 0.717) is 98.4 Å². The number of piperidine rings is 2. The highest BCUT2D eigenvalue weighted by Crippen LogP contribution is 2.56. The number of nitrogen functional groups attached to an aromatic ring is 1. The molecule has 4 aliphatic heterocycles. The van der Waals surface area contributed by atoms with Crippen molar-refractivity contribution in [3.8, 4) is 22.8 Å². The monoisotopic (exact) mass is 948 g/mol. The van der Waals surface area contributed by atoms with Gasteiger partial charge in [0.05, 0.1) is 16.5 Å². The Morgan fingerprint density at radius 3 is 2.30 bits per heavy atom. The fraction of sp³-hybridized carbons (Fsp3) is 0.562. The predicted octanol–water partition coefficient (Wildman–Crippen LogP) is 5.25. The van der Waals surface area contributed by atoms with Crippen LogP contribution in [0.15, 0.2) is 35.4 Å². The van der Waals surface area contributed by atoms with Crippen molar-refractivity contribution in [3.05, 3.63) is 53.8 Å². The van der Waals surface area contributed by atoms with Gasteiger partial charge in [-0.25, -0.2) is 38.2 Å².